The van der Waals surface area contributed by atoms with Crippen LogP contribution in [0.2, 0.25) is 0 Å². The molecule has 1 spiro atoms. The second-order valence-corrected chi connectivity index (χ2v) is 7.15. The fraction of sp³-hybridized carbons (Fsp3) is 1.00. The molecule has 3 aliphatic rings. The van der Waals surface area contributed by atoms with Crippen LogP contribution in [0.5, 0.6) is 0 Å². The average molecular weight is 240 g/mol. The number of hydrogen-bond acceptors (Lipinski definition) is 3. The minimum atomic E-state index is 0.756. The van der Waals surface area contributed by atoms with E-state index in [2.05, 4.69) is 23.1 Å². The highest BCUT2D eigenvalue weighted by atomic mass is 32.2. The van der Waals surface area contributed by atoms with Gasteiger partial charge in [0.2, 0.25) is 0 Å². The van der Waals surface area contributed by atoms with E-state index in [9.17, 15) is 0 Å². The Kier molecular flexibility index (Phi) is 2.97. The van der Waals surface area contributed by atoms with Crippen LogP contribution < -0.4 is 0 Å². The van der Waals surface area contributed by atoms with Crippen molar-refractivity contribution in [2.75, 3.05) is 38.7 Å². The van der Waals surface area contributed by atoms with E-state index >= 15 is 0 Å². The van der Waals surface area contributed by atoms with Gasteiger partial charge in [-0.3, -0.25) is 0 Å². The first-order chi connectivity index (χ1) is 7.72. The quantitative estimate of drug-likeness (QED) is 0.725. The van der Waals surface area contributed by atoms with Crippen LogP contribution >= 0.6 is 11.8 Å². The summed E-state index contributed by atoms with van der Waals surface area (Å²) in [7, 11) is 2.35. The Morgan fingerprint density at radius 1 is 1.25 bits per heavy atom. The molecule has 92 valence electrons. The van der Waals surface area contributed by atoms with Crippen molar-refractivity contribution in [3.63, 3.8) is 0 Å². The summed E-state index contributed by atoms with van der Waals surface area (Å²) in [5, 5.41) is 0. The Morgan fingerprint density at radius 2 is 1.94 bits per heavy atom. The predicted molar refractivity (Wildman–Crippen MR) is 71.1 cm³/mol. The first-order valence-electron chi connectivity index (χ1n) is 6.66. The number of likely N-dealkylation sites (tertiary alicyclic amines) is 1. The molecule has 0 bridgehead atoms. The maximum atomic E-state index is 2.66. The third-order valence-corrected chi connectivity index (χ3v) is 5.36. The second kappa shape index (κ2) is 4.18. The molecule has 3 heteroatoms. The highest BCUT2D eigenvalue weighted by Crippen LogP contribution is 2.51. The van der Waals surface area contributed by atoms with Crippen LogP contribution in [0, 0.1) is 5.41 Å². The van der Waals surface area contributed by atoms with Crippen molar-refractivity contribution in [1.82, 2.24) is 9.80 Å². The standard InChI is InChI=1S/C13H24N2S/c1-14(11-3-4-11)12-7-13(8-12)9-15(10-13)5-6-16-2/h11-12H,3-10H2,1-2H3. The van der Waals surface area contributed by atoms with Crippen LogP contribution in [0.15, 0.2) is 0 Å². The third-order valence-electron chi connectivity index (χ3n) is 4.77. The summed E-state index contributed by atoms with van der Waals surface area (Å²) < 4.78 is 0. The second-order valence-electron chi connectivity index (χ2n) is 6.16. The molecule has 0 aromatic rings. The van der Waals surface area contributed by atoms with Crippen molar-refractivity contribution in [1.29, 1.82) is 0 Å². The highest BCUT2D eigenvalue weighted by molar-refractivity contribution is 7.98. The average Bonchev–Trinajstić information content (AvgIpc) is 2.95. The monoisotopic (exact) mass is 240 g/mol. The molecular formula is C13H24N2S. The summed E-state index contributed by atoms with van der Waals surface area (Å²) in [6, 6.07) is 1.88. The zero-order valence-electron chi connectivity index (χ0n) is 10.6. The van der Waals surface area contributed by atoms with Gasteiger partial charge >= 0.3 is 0 Å². The van der Waals surface area contributed by atoms with E-state index < -0.39 is 0 Å². The minimum Gasteiger partial charge on any atom is -0.301 e. The molecule has 2 nitrogen and oxygen atoms in total. The van der Waals surface area contributed by atoms with E-state index in [0.717, 1.165) is 17.5 Å². The lowest BCUT2D eigenvalue weighted by Crippen LogP contribution is -2.66. The smallest absolute Gasteiger partial charge is 0.0108 e. The predicted octanol–water partition coefficient (Wildman–Crippen LogP) is 1.91. The summed E-state index contributed by atoms with van der Waals surface area (Å²) in [6.07, 6.45) is 8.09. The fourth-order valence-electron chi connectivity index (χ4n) is 3.55. The van der Waals surface area contributed by atoms with Gasteiger partial charge in [-0.2, -0.15) is 11.8 Å². The van der Waals surface area contributed by atoms with Gasteiger partial charge in [0.1, 0.15) is 0 Å². The molecule has 1 saturated heterocycles. The van der Waals surface area contributed by atoms with E-state index in [4.69, 9.17) is 0 Å². The summed E-state index contributed by atoms with van der Waals surface area (Å²) >= 11 is 1.97. The Bertz CT molecular complexity index is 251. The van der Waals surface area contributed by atoms with Gasteiger partial charge in [0, 0.05) is 37.5 Å². The van der Waals surface area contributed by atoms with Gasteiger partial charge in [0.25, 0.3) is 0 Å². The lowest BCUT2D eigenvalue weighted by molar-refractivity contribution is -0.103. The number of thioether (sulfide) groups is 1. The van der Waals surface area contributed by atoms with Crippen LogP contribution in [0.4, 0.5) is 0 Å². The van der Waals surface area contributed by atoms with Gasteiger partial charge in [-0.1, -0.05) is 0 Å². The van der Waals surface area contributed by atoms with E-state index in [0.29, 0.717) is 0 Å². The topological polar surface area (TPSA) is 6.48 Å². The molecule has 16 heavy (non-hydrogen) atoms. The number of rotatable bonds is 5. The molecule has 0 aromatic heterocycles. The zero-order chi connectivity index (χ0) is 11.2. The maximum absolute atomic E-state index is 2.66. The first-order valence-corrected chi connectivity index (χ1v) is 8.05. The molecular weight excluding hydrogens is 216 g/mol. The van der Waals surface area contributed by atoms with Crippen LogP contribution in [0.25, 0.3) is 0 Å². The van der Waals surface area contributed by atoms with Gasteiger partial charge in [-0.15, -0.1) is 0 Å². The van der Waals surface area contributed by atoms with E-state index in [1.807, 2.05) is 11.8 Å². The lowest BCUT2D eigenvalue weighted by Gasteiger charge is -2.61. The Morgan fingerprint density at radius 3 is 2.50 bits per heavy atom. The summed E-state index contributed by atoms with van der Waals surface area (Å²) in [4.78, 5) is 5.31. The highest BCUT2D eigenvalue weighted by Gasteiger charge is 2.54. The maximum Gasteiger partial charge on any atom is 0.0108 e. The summed E-state index contributed by atoms with van der Waals surface area (Å²) in [5.41, 5.74) is 0.756. The zero-order valence-corrected chi connectivity index (χ0v) is 11.4. The van der Waals surface area contributed by atoms with Gasteiger partial charge in [0.05, 0.1) is 0 Å². The molecule has 1 aliphatic heterocycles. The van der Waals surface area contributed by atoms with Crippen molar-refractivity contribution in [2.45, 2.75) is 37.8 Å². The van der Waals surface area contributed by atoms with Crippen molar-refractivity contribution in [3.8, 4) is 0 Å². The van der Waals surface area contributed by atoms with Crippen LogP contribution in [0.3, 0.4) is 0 Å². The normalized spacial score (nSPS) is 29.4. The molecule has 0 atom stereocenters. The van der Waals surface area contributed by atoms with E-state index in [1.165, 1.54) is 51.1 Å². The van der Waals surface area contributed by atoms with Gasteiger partial charge in [-0.25, -0.2) is 0 Å². The Hall–Kier alpha value is 0.270. The molecule has 0 unspecified atom stereocenters. The molecule has 0 aromatic carbocycles. The lowest BCUT2D eigenvalue weighted by atomic mass is 9.60. The largest absolute Gasteiger partial charge is 0.301 e. The third kappa shape index (κ3) is 2.02. The van der Waals surface area contributed by atoms with Gasteiger partial charge in [-0.05, 0) is 44.4 Å². The minimum absolute atomic E-state index is 0.756. The molecule has 1 heterocycles. The number of nitrogens with zero attached hydrogens (tertiary/aromatic N) is 2. The first kappa shape index (κ1) is 11.4. The molecule has 2 saturated carbocycles. The number of hydrogen-bond donors (Lipinski definition) is 0. The van der Waals surface area contributed by atoms with Crippen molar-refractivity contribution in [2.24, 2.45) is 5.41 Å². The Labute approximate surface area is 104 Å². The van der Waals surface area contributed by atoms with Gasteiger partial charge < -0.3 is 9.80 Å². The van der Waals surface area contributed by atoms with E-state index in [-0.39, 0.29) is 0 Å². The Balaban J connectivity index is 1.38. The fourth-order valence-corrected chi connectivity index (χ4v) is 3.99. The summed E-state index contributed by atoms with van der Waals surface area (Å²) in [6.45, 7) is 4.09. The van der Waals surface area contributed by atoms with E-state index in [1.54, 1.807) is 0 Å². The molecule has 0 amide bonds. The van der Waals surface area contributed by atoms with Crippen molar-refractivity contribution >= 4 is 11.8 Å². The SMILES string of the molecule is CSCCN1CC2(CC(N(C)C3CC3)C2)C1. The molecule has 0 radical (unpaired) electrons. The van der Waals surface area contributed by atoms with Gasteiger partial charge in [0.15, 0.2) is 0 Å². The molecule has 3 fully saturated rings. The van der Waals surface area contributed by atoms with Crippen LogP contribution in [0.1, 0.15) is 25.7 Å². The summed E-state index contributed by atoms with van der Waals surface area (Å²) in [5.74, 6) is 1.31. The van der Waals surface area contributed by atoms with Crippen LogP contribution in [-0.2, 0) is 0 Å². The molecule has 2 aliphatic carbocycles. The van der Waals surface area contributed by atoms with Crippen molar-refractivity contribution in [3.05, 3.63) is 0 Å². The van der Waals surface area contributed by atoms with Crippen LogP contribution in [-0.4, -0.2) is 60.6 Å². The molecule has 3 rings (SSSR count). The molecule has 0 N–H and O–H groups in total. The van der Waals surface area contributed by atoms with Crippen molar-refractivity contribution < 1.29 is 0 Å².